The number of nitrogens with zero attached hydrogens (tertiary/aromatic N) is 2. The van der Waals surface area contributed by atoms with E-state index in [4.69, 9.17) is 0 Å². The highest BCUT2D eigenvalue weighted by Crippen LogP contribution is 2.50. The largest absolute Gasteiger partial charge is 0.335 e. The van der Waals surface area contributed by atoms with Crippen LogP contribution < -0.4 is 20.7 Å². The molecule has 9 rings (SSSR count). The van der Waals surface area contributed by atoms with E-state index in [1.54, 1.807) is 0 Å². The average Bonchev–Trinajstić information content (AvgIpc) is 3.17. The number of benzene rings is 5. The van der Waals surface area contributed by atoms with Crippen molar-refractivity contribution in [3.05, 3.63) is 175 Å². The second-order valence-electron chi connectivity index (χ2n) is 17.4. The fourth-order valence-corrected chi connectivity index (χ4v) is 9.11. The van der Waals surface area contributed by atoms with Crippen molar-refractivity contribution in [3.8, 4) is 11.1 Å². The zero-order valence-electron chi connectivity index (χ0n) is 31.9. The molecule has 0 amide bonds. The van der Waals surface area contributed by atoms with Crippen molar-refractivity contribution >= 4 is 46.0 Å². The Kier molecular flexibility index (Phi) is 8.04. The summed E-state index contributed by atoms with van der Waals surface area (Å²) in [6, 6.07) is 45.5. The van der Waals surface area contributed by atoms with Crippen molar-refractivity contribution in [2.75, 3.05) is 9.80 Å². The summed E-state index contributed by atoms with van der Waals surface area (Å²) in [5.41, 5.74) is 15.8. The Hall–Kier alpha value is -5.28. The van der Waals surface area contributed by atoms with Crippen LogP contribution >= 0.6 is 0 Å². The molecule has 2 aliphatic carbocycles. The SMILES string of the molecule is CC(C)(C)c1ccc(N2c3cc(-c4ccccc4)cc4c3B(c3ccccc3N4C3=CCC(C(C)(C)C)C=C3)C3C=CC(c4ccccc4)=CC32)cc1. The highest BCUT2D eigenvalue weighted by molar-refractivity contribution is 6.91. The first-order chi connectivity index (χ1) is 25.6. The lowest BCUT2D eigenvalue weighted by Crippen LogP contribution is -2.62. The molecule has 3 unspecified atom stereocenters. The molecule has 3 atom stereocenters. The Morgan fingerprint density at radius 1 is 0.623 bits per heavy atom. The second kappa shape index (κ2) is 12.7. The van der Waals surface area contributed by atoms with E-state index in [1.165, 1.54) is 67.2 Å². The summed E-state index contributed by atoms with van der Waals surface area (Å²) in [6.45, 7) is 14.2. The van der Waals surface area contributed by atoms with Gasteiger partial charge in [-0.2, -0.15) is 0 Å². The van der Waals surface area contributed by atoms with Crippen LogP contribution in [0.3, 0.4) is 0 Å². The maximum absolute atomic E-state index is 2.66. The standard InChI is InChI=1S/C50H49BN2/c1-49(2,3)38-22-26-40(27-23-38)52-44-20-14-13-19-42(44)51-43-30-21-36(34-15-9-7-10-16-34)31-45(43)53(41-28-24-39(25-29-41)50(4,5)6)47-33-37(32-46(52)48(47)51)35-17-11-8-12-18-35/h7-22,24-33,38,43,45H,23H2,1-6H3. The third-order valence-electron chi connectivity index (χ3n) is 12.1. The number of hydrogen-bond acceptors (Lipinski definition) is 2. The lowest BCUT2D eigenvalue weighted by atomic mass is 9.29. The van der Waals surface area contributed by atoms with Crippen LogP contribution in [0.2, 0.25) is 5.82 Å². The molecule has 0 aromatic heterocycles. The molecule has 2 heterocycles. The van der Waals surface area contributed by atoms with Gasteiger partial charge in [-0.3, -0.25) is 0 Å². The topological polar surface area (TPSA) is 6.48 Å². The van der Waals surface area contributed by atoms with E-state index in [-0.39, 0.29) is 29.4 Å². The number of para-hydroxylation sites is 1. The van der Waals surface area contributed by atoms with Crippen molar-refractivity contribution in [1.82, 2.24) is 0 Å². The molecular formula is C50H49BN2. The fourth-order valence-electron chi connectivity index (χ4n) is 9.11. The van der Waals surface area contributed by atoms with Crippen molar-refractivity contribution in [1.29, 1.82) is 0 Å². The van der Waals surface area contributed by atoms with Crippen LogP contribution in [-0.2, 0) is 5.41 Å². The number of fused-ring (bicyclic) bond motifs is 4. The van der Waals surface area contributed by atoms with Gasteiger partial charge in [0.25, 0.3) is 0 Å². The van der Waals surface area contributed by atoms with Crippen LogP contribution in [0.25, 0.3) is 16.7 Å². The van der Waals surface area contributed by atoms with Crippen LogP contribution in [0, 0.1) is 11.3 Å². The predicted molar refractivity (Wildman–Crippen MR) is 229 cm³/mol. The highest BCUT2D eigenvalue weighted by atomic mass is 15.2. The van der Waals surface area contributed by atoms with E-state index in [0.29, 0.717) is 5.92 Å². The third kappa shape index (κ3) is 5.82. The summed E-state index contributed by atoms with van der Waals surface area (Å²) in [4.78, 5) is 5.24. The molecule has 3 heteroatoms. The monoisotopic (exact) mass is 688 g/mol. The van der Waals surface area contributed by atoms with Gasteiger partial charge in [0.05, 0.1) is 6.04 Å². The number of anilines is 4. The number of rotatable bonds is 4. The van der Waals surface area contributed by atoms with Gasteiger partial charge in [-0.1, -0.05) is 163 Å². The predicted octanol–water partition coefficient (Wildman–Crippen LogP) is 11.8. The molecule has 0 fully saturated rings. The average molecular weight is 689 g/mol. The van der Waals surface area contributed by atoms with Gasteiger partial charge in [0, 0.05) is 28.4 Å². The van der Waals surface area contributed by atoms with Crippen molar-refractivity contribution < 1.29 is 0 Å². The van der Waals surface area contributed by atoms with Crippen LogP contribution in [0.5, 0.6) is 0 Å². The molecule has 0 N–H and O–H groups in total. The maximum atomic E-state index is 2.66. The second-order valence-corrected chi connectivity index (χ2v) is 17.4. The Morgan fingerprint density at radius 2 is 1.28 bits per heavy atom. The van der Waals surface area contributed by atoms with E-state index in [2.05, 4.69) is 209 Å². The molecular weight excluding hydrogens is 639 g/mol. The first kappa shape index (κ1) is 33.6. The van der Waals surface area contributed by atoms with Gasteiger partial charge in [0.1, 0.15) is 0 Å². The molecule has 0 radical (unpaired) electrons. The van der Waals surface area contributed by atoms with E-state index in [1.807, 2.05) is 0 Å². The van der Waals surface area contributed by atoms with Crippen molar-refractivity contribution in [3.63, 3.8) is 0 Å². The van der Waals surface area contributed by atoms with Crippen LogP contribution in [0.1, 0.15) is 59.1 Å². The summed E-state index contributed by atoms with van der Waals surface area (Å²) in [5.74, 6) is 0.747. The summed E-state index contributed by atoms with van der Waals surface area (Å²) in [5, 5.41) is 0. The Labute approximate surface area is 317 Å². The summed E-state index contributed by atoms with van der Waals surface area (Å²) < 4.78 is 0. The van der Waals surface area contributed by atoms with Crippen molar-refractivity contribution in [2.45, 2.75) is 65.2 Å². The molecule has 0 saturated carbocycles. The highest BCUT2D eigenvalue weighted by Gasteiger charge is 2.49. The van der Waals surface area contributed by atoms with Crippen LogP contribution in [0.4, 0.5) is 22.7 Å². The quantitative estimate of drug-likeness (QED) is 0.173. The minimum absolute atomic E-state index is 0.0753. The summed E-state index contributed by atoms with van der Waals surface area (Å²) in [6.07, 6.45) is 15.8. The summed E-state index contributed by atoms with van der Waals surface area (Å²) >= 11 is 0. The van der Waals surface area contributed by atoms with E-state index < -0.39 is 0 Å². The molecule has 262 valence electrons. The smallest absolute Gasteiger partial charge is 0.226 e. The molecule has 0 bridgehead atoms. The number of allylic oxidation sites excluding steroid dienone is 5. The van der Waals surface area contributed by atoms with Gasteiger partial charge in [-0.15, -0.1) is 0 Å². The van der Waals surface area contributed by atoms with E-state index in [9.17, 15) is 0 Å². The minimum atomic E-state index is 0.0753. The maximum Gasteiger partial charge on any atom is 0.226 e. The van der Waals surface area contributed by atoms with Gasteiger partial charge in [-0.05, 0) is 104 Å². The molecule has 5 aromatic carbocycles. The molecule has 5 aromatic rings. The molecule has 0 spiro atoms. The van der Waals surface area contributed by atoms with Gasteiger partial charge >= 0.3 is 0 Å². The molecule has 4 aliphatic rings. The zero-order valence-corrected chi connectivity index (χ0v) is 31.9. The molecule has 53 heavy (non-hydrogen) atoms. The Bertz CT molecular complexity index is 2300. The summed E-state index contributed by atoms with van der Waals surface area (Å²) in [7, 11) is 0. The van der Waals surface area contributed by atoms with Crippen molar-refractivity contribution in [2.24, 2.45) is 11.3 Å². The van der Waals surface area contributed by atoms with Crippen LogP contribution in [0.15, 0.2) is 163 Å². The Morgan fingerprint density at radius 3 is 1.94 bits per heavy atom. The van der Waals surface area contributed by atoms with Gasteiger partial charge < -0.3 is 9.80 Å². The zero-order chi connectivity index (χ0) is 36.5. The molecule has 0 saturated heterocycles. The Balaban J connectivity index is 1.32. The first-order valence-corrected chi connectivity index (χ1v) is 19.4. The van der Waals surface area contributed by atoms with Crippen LogP contribution in [-0.4, -0.2) is 12.8 Å². The lowest BCUT2D eigenvalue weighted by molar-refractivity contribution is 0.293. The fraction of sp³-hybridized carbons (Fsp3) is 0.240. The van der Waals surface area contributed by atoms with Gasteiger partial charge in [0.15, 0.2) is 0 Å². The first-order valence-electron chi connectivity index (χ1n) is 19.4. The third-order valence-corrected chi connectivity index (χ3v) is 12.1. The van der Waals surface area contributed by atoms with E-state index >= 15 is 0 Å². The molecule has 2 nitrogen and oxygen atoms in total. The minimum Gasteiger partial charge on any atom is -0.335 e. The lowest BCUT2D eigenvalue weighted by Gasteiger charge is -2.51. The van der Waals surface area contributed by atoms with E-state index in [0.717, 1.165) is 6.42 Å². The normalized spacial score (nSPS) is 20.3. The molecule has 2 aliphatic heterocycles. The number of hydrogen-bond donors (Lipinski definition) is 0. The van der Waals surface area contributed by atoms with Gasteiger partial charge in [-0.25, -0.2) is 0 Å². The van der Waals surface area contributed by atoms with Gasteiger partial charge in [0.2, 0.25) is 6.71 Å².